The lowest BCUT2D eigenvalue weighted by Gasteiger charge is -2.26. The van der Waals surface area contributed by atoms with Gasteiger partial charge in [0, 0.05) is 46.6 Å². The Labute approximate surface area is 152 Å². The van der Waals surface area contributed by atoms with E-state index in [9.17, 15) is 4.79 Å². The summed E-state index contributed by atoms with van der Waals surface area (Å²) in [6, 6.07) is 6.31. The minimum atomic E-state index is 0.308. The second-order valence-corrected chi connectivity index (χ2v) is 7.44. The minimum absolute atomic E-state index is 0.308. The van der Waals surface area contributed by atoms with Gasteiger partial charge in [0.2, 0.25) is 5.91 Å². The smallest absolute Gasteiger partial charge is 0.222 e. The first-order chi connectivity index (χ1) is 11.7. The summed E-state index contributed by atoms with van der Waals surface area (Å²) in [6.07, 6.45) is 10.6. The molecule has 0 atom stereocenters. The van der Waals surface area contributed by atoms with E-state index < -0.39 is 0 Å². The molecule has 0 unspecified atom stereocenters. The number of nitrogens with zero attached hydrogens (tertiary/aromatic N) is 1. The van der Waals surface area contributed by atoms with Crippen molar-refractivity contribution in [2.75, 3.05) is 13.1 Å². The van der Waals surface area contributed by atoms with Crippen molar-refractivity contribution in [2.45, 2.75) is 45.4 Å². The Bertz CT molecular complexity index is 747. The Morgan fingerprint density at radius 3 is 2.92 bits per heavy atom. The van der Waals surface area contributed by atoms with Gasteiger partial charge >= 0.3 is 0 Å². The van der Waals surface area contributed by atoms with E-state index in [0.29, 0.717) is 12.3 Å². The monoisotopic (exact) mass is 388 g/mol. The van der Waals surface area contributed by atoms with E-state index in [-0.39, 0.29) is 0 Å². The van der Waals surface area contributed by atoms with Gasteiger partial charge in [-0.15, -0.1) is 0 Å². The molecule has 128 valence electrons. The maximum absolute atomic E-state index is 12.3. The van der Waals surface area contributed by atoms with Crippen LogP contribution in [0.5, 0.6) is 0 Å². The Hall–Kier alpha value is -1.55. The molecule has 2 heterocycles. The highest BCUT2D eigenvalue weighted by Crippen LogP contribution is 2.31. The van der Waals surface area contributed by atoms with Crippen LogP contribution >= 0.6 is 15.9 Å². The molecule has 0 saturated carbocycles. The maximum Gasteiger partial charge on any atom is 0.222 e. The van der Waals surface area contributed by atoms with Gasteiger partial charge in [-0.1, -0.05) is 48.2 Å². The van der Waals surface area contributed by atoms with Gasteiger partial charge in [0.05, 0.1) is 0 Å². The average Bonchev–Trinajstić information content (AvgIpc) is 3.01. The SMILES string of the molecule is CCCCCCC(=O)N1CC=C(c2c[nH]c3ccc(Br)cc23)CC1. The van der Waals surface area contributed by atoms with Crippen molar-refractivity contribution in [1.82, 2.24) is 9.88 Å². The molecule has 3 nitrogen and oxygen atoms in total. The molecule has 1 aromatic carbocycles. The van der Waals surface area contributed by atoms with Gasteiger partial charge in [-0.25, -0.2) is 0 Å². The van der Waals surface area contributed by atoms with Crippen molar-refractivity contribution < 1.29 is 4.79 Å². The predicted molar refractivity (Wildman–Crippen MR) is 104 cm³/mol. The van der Waals surface area contributed by atoms with Crippen LogP contribution in [-0.2, 0) is 4.79 Å². The molecular weight excluding hydrogens is 364 g/mol. The van der Waals surface area contributed by atoms with Crippen molar-refractivity contribution in [3.05, 3.63) is 40.5 Å². The molecule has 4 heteroatoms. The highest BCUT2D eigenvalue weighted by molar-refractivity contribution is 9.10. The molecule has 1 N–H and O–H groups in total. The van der Waals surface area contributed by atoms with Crippen LogP contribution in [0.1, 0.15) is 51.0 Å². The van der Waals surface area contributed by atoms with Crippen molar-refractivity contribution in [3.8, 4) is 0 Å². The van der Waals surface area contributed by atoms with Crippen molar-refractivity contribution >= 4 is 38.3 Å². The lowest BCUT2D eigenvalue weighted by molar-refractivity contribution is -0.130. The number of aromatic nitrogens is 1. The number of benzene rings is 1. The van der Waals surface area contributed by atoms with Crippen molar-refractivity contribution in [1.29, 1.82) is 0 Å². The number of hydrogen-bond acceptors (Lipinski definition) is 1. The second-order valence-electron chi connectivity index (χ2n) is 6.52. The third-order valence-electron chi connectivity index (χ3n) is 4.80. The number of carbonyl (C=O) groups is 1. The Morgan fingerprint density at radius 1 is 1.29 bits per heavy atom. The lowest BCUT2D eigenvalue weighted by Crippen LogP contribution is -2.34. The molecule has 3 rings (SSSR count). The van der Waals surface area contributed by atoms with E-state index in [4.69, 9.17) is 0 Å². The van der Waals surface area contributed by atoms with E-state index in [0.717, 1.165) is 35.9 Å². The average molecular weight is 389 g/mol. The molecule has 0 spiro atoms. The first-order valence-corrected chi connectivity index (χ1v) is 9.72. The number of unbranched alkanes of at least 4 members (excludes halogenated alkanes) is 3. The number of amides is 1. The van der Waals surface area contributed by atoms with E-state index in [1.807, 2.05) is 4.90 Å². The number of nitrogens with one attached hydrogen (secondary N) is 1. The maximum atomic E-state index is 12.3. The molecule has 2 aromatic rings. The van der Waals surface area contributed by atoms with Crippen LogP contribution in [0.3, 0.4) is 0 Å². The highest BCUT2D eigenvalue weighted by Gasteiger charge is 2.19. The fourth-order valence-corrected chi connectivity index (χ4v) is 3.72. The lowest BCUT2D eigenvalue weighted by atomic mass is 9.98. The number of halogens is 1. The summed E-state index contributed by atoms with van der Waals surface area (Å²) in [5.41, 5.74) is 3.76. The molecule has 1 amide bonds. The largest absolute Gasteiger partial charge is 0.361 e. The molecule has 24 heavy (non-hydrogen) atoms. The third kappa shape index (κ3) is 3.92. The number of aromatic amines is 1. The molecular formula is C20H25BrN2O. The number of rotatable bonds is 6. The number of hydrogen-bond donors (Lipinski definition) is 1. The van der Waals surface area contributed by atoms with E-state index in [2.05, 4.69) is 58.3 Å². The minimum Gasteiger partial charge on any atom is -0.361 e. The first-order valence-electron chi connectivity index (χ1n) is 8.93. The standard InChI is InChI=1S/C20H25BrN2O/c1-2-3-4-5-6-20(24)23-11-9-15(10-12-23)18-14-22-19-8-7-16(21)13-17(18)19/h7-9,13-14,22H,2-6,10-12H2,1H3. The van der Waals surface area contributed by atoms with Crippen molar-refractivity contribution in [2.24, 2.45) is 0 Å². The summed E-state index contributed by atoms with van der Waals surface area (Å²) in [5, 5.41) is 1.25. The number of carbonyl (C=O) groups excluding carboxylic acids is 1. The number of fused-ring (bicyclic) bond motifs is 1. The molecule has 0 radical (unpaired) electrons. The predicted octanol–water partition coefficient (Wildman–Crippen LogP) is 5.52. The fraction of sp³-hybridized carbons (Fsp3) is 0.450. The highest BCUT2D eigenvalue weighted by atomic mass is 79.9. The molecule has 0 bridgehead atoms. The van der Waals surface area contributed by atoms with Gasteiger partial charge in [-0.3, -0.25) is 4.79 Å². The van der Waals surface area contributed by atoms with Gasteiger partial charge in [0.15, 0.2) is 0 Å². The topological polar surface area (TPSA) is 36.1 Å². The second kappa shape index (κ2) is 8.02. The van der Waals surface area contributed by atoms with E-state index >= 15 is 0 Å². The van der Waals surface area contributed by atoms with Crippen LogP contribution in [0.15, 0.2) is 34.9 Å². The zero-order chi connectivity index (χ0) is 16.9. The summed E-state index contributed by atoms with van der Waals surface area (Å²) < 4.78 is 1.09. The zero-order valence-electron chi connectivity index (χ0n) is 14.3. The zero-order valence-corrected chi connectivity index (χ0v) is 15.9. The van der Waals surface area contributed by atoms with Crippen LogP contribution in [0, 0.1) is 0 Å². The normalized spacial score (nSPS) is 14.9. The quantitative estimate of drug-likeness (QED) is 0.649. The third-order valence-corrected chi connectivity index (χ3v) is 5.29. The Morgan fingerprint density at radius 2 is 2.17 bits per heavy atom. The molecule has 1 aliphatic heterocycles. The van der Waals surface area contributed by atoms with Gasteiger partial charge in [-0.05, 0) is 36.6 Å². The fourth-order valence-electron chi connectivity index (χ4n) is 3.36. The van der Waals surface area contributed by atoms with Crippen LogP contribution in [0.4, 0.5) is 0 Å². The van der Waals surface area contributed by atoms with Gasteiger partial charge in [0.25, 0.3) is 0 Å². The van der Waals surface area contributed by atoms with Crippen LogP contribution in [0.2, 0.25) is 0 Å². The summed E-state index contributed by atoms with van der Waals surface area (Å²) in [6.45, 7) is 3.77. The van der Waals surface area contributed by atoms with E-state index in [1.165, 1.54) is 35.8 Å². The summed E-state index contributed by atoms with van der Waals surface area (Å²) in [4.78, 5) is 17.6. The molecule has 0 fully saturated rings. The summed E-state index contributed by atoms with van der Waals surface area (Å²) in [5.74, 6) is 0.308. The molecule has 1 aromatic heterocycles. The van der Waals surface area contributed by atoms with Crippen LogP contribution in [-0.4, -0.2) is 28.9 Å². The summed E-state index contributed by atoms with van der Waals surface area (Å²) in [7, 11) is 0. The number of H-pyrrole nitrogens is 1. The van der Waals surface area contributed by atoms with Gasteiger partial charge in [-0.2, -0.15) is 0 Å². The van der Waals surface area contributed by atoms with E-state index in [1.54, 1.807) is 0 Å². The Kier molecular flexibility index (Phi) is 5.77. The van der Waals surface area contributed by atoms with Crippen molar-refractivity contribution in [3.63, 3.8) is 0 Å². The molecule has 0 saturated heterocycles. The summed E-state index contributed by atoms with van der Waals surface area (Å²) >= 11 is 3.55. The van der Waals surface area contributed by atoms with Crippen LogP contribution < -0.4 is 0 Å². The van der Waals surface area contributed by atoms with Gasteiger partial charge < -0.3 is 9.88 Å². The van der Waals surface area contributed by atoms with Crippen LogP contribution in [0.25, 0.3) is 16.5 Å². The first kappa shape index (κ1) is 17.3. The molecule has 0 aliphatic carbocycles. The van der Waals surface area contributed by atoms with Gasteiger partial charge in [0.1, 0.15) is 0 Å². The molecule has 1 aliphatic rings. The Balaban J connectivity index is 1.64.